The zero-order valence-electron chi connectivity index (χ0n) is 18.1. The fourth-order valence-electron chi connectivity index (χ4n) is 3.55. The number of methoxy groups -OCH3 is 1. The van der Waals surface area contributed by atoms with E-state index in [2.05, 4.69) is 15.5 Å². The lowest BCUT2D eigenvalue weighted by atomic mass is 10.1. The standard InChI is InChI=1S/C22H24N4O4S2/c1-13-6-4-7-14(10-13)30-11-17-24-25-22(26(17)2)31-12-18(27)23-20-19(21(28)29-3)15-8-5-9-16(15)32-20/h4,6-7,10H,5,8-9,11-12H2,1-3H3,(H,23,27). The van der Waals surface area contributed by atoms with Crippen LogP contribution in [-0.2, 0) is 36.0 Å². The molecule has 3 aromatic rings. The van der Waals surface area contributed by atoms with Gasteiger partial charge in [0.2, 0.25) is 5.91 Å². The van der Waals surface area contributed by atoms with Crippen molar-refractivity contribution in [2.24, 2.45) is 7.05 Å². The molecule has 1 N–H and O–H groups in total. The van der Waals surface area contributed by atoms with Crippen molar-refractivity contribution >= 4 is 40.0 Å². The molecule has 0 bridgehead atoms. The highest BCUT2D eigenvalue weighted by Gasteiger charge is 2.28. The Labute approximate surface area is 194 Å². The van der Waals surface area contributed by atoms with E-state index in [0.29, 0.717) is 21.5 Å². The van der Waals surface area contributed by atoms with Gasteiger partial charge >= 0.3 is 5.97 Å². The van der Waals surface area contributed by atoms with Gasteiger partial charge in [-0.3, -0.25) is 4.79 Å². The maximum Gasteiger partial charge on any atom is 0.341 e. The zero-order valence-corrected chi connectivity index (χ0v) is 19.8. The van der Waals surface area contributed by atoms with Gasteiger partial charge in [0.15, 0.2) is 11.0 Å². The maximum atomic E-state index is 12.6. The summed E-state index contributed by atoms with van der Waals surface area (Å²) in [5, 5.41) is 12.4. The van der Waals surface area contributed by atoms with E-state index >= 15 is 0 Å². The van der Waals surface area contributed by atoms with Crippen LogP contribution in [0.15, 0.2) is 29.4 Å². The third-order valence-electron chi connectivity index (χ3n) is 5.18. The molecule has 168 valence electrons. The van der Waals surface area contributed by atoms with Gasteiger partial charge in [0.05, 0.1) is 18.4 Å². The number of nitrogens with zero attached hydrogens (tertiary/aromatic N) is 3. The molecule has 8 nitrogen and oxygen atoms in total. The van der Waals surface area contributed by atoms with Gasteiger partial charge in [-0.05, 0) is 49.4 Å². The molecule has 1 aliphatic carbocycles. The van der Waals surface area contributed by atoms with E-state index in [1.807, 2.05) is 42.8 Å². The first-order valence-electron chi connectivity index (χ1n) is 10.2. The normalized spacial score (nSPS) is 12.5. The van der Waals surface area contributed by atoms with Crippen molar-refractivity contribution in [3.8, 4) is 5.75 Å². The number of amides is 1. The van der Waals surface area contributed by atoms with E-state index in [0.717, 1.165) is 41.0 Å². The molecule has 2 aromatic heterocycles. The molecule has 1 amide bonds. The summed E-state index contributed by atoms with van der Waals surface area (Å²) in [6.45, 7) is 2.29. The number of carbonyl (C=O) groups is 2. The van der Waals surface area contributed by atoms with Crippen molar-refractivity contribution in [1.82, 2.24) is 14.8 Å². The lowest BCUT2D eigenvalue weighted by Gasteiger charge is -2.08. The van der Waals surface area contributed by atoms with Crippen LogP contribution < -0.4 is 10.1 Å². The Balaban J connectivity index is 1.35. The largest absolute Gasteiger partial charge is 0.486 e. The van der Waals surface area contributed by atoms with Crippen molar-refractivity contribution < 1.29 is 19.1 Å². The summed E-state index contributed by atoms with van der Waals surface area (Å²) in [7, 11) is 3.20. The van der Waals surface area contributed by atoms with E-state index in [4.69, 9.17) is 9.47 Å². The third kappa shape index (κ3) is 4.81. The minimum Gasteiger partial charge on any atom is -0.486 e. The molecule has 32 heavy (non-hydrogen) atoms. The van der Waals surface area contributed by atoms with Gasteiger partial charge in [-0.2, -0.15) is 0 Å². The molecule has 0 spiro atoms. The minimum absolute atomic E-state index is 0.147. The number of nitrogens with one attached hydrogen (secondary N) is 1. The number of fused-ring (bicyclic) bond motifs is 1. The molecular formula is C22H24N4O4S2. The SMILES string of the molecule is COC(=O)c1c(NC(=O)CSc2nnc(COc3cccc(C)c3)n2C)sc2c1CCC2. The number of rotatable bonds is 8. The number of esters is 1. The number of hydrogen-bond acceptors (Lipinski definition) is 8. The van der Waals surface area contributed by atoms with Gasteiger partial charge in [0.25, 0.3) is 0 Å². The zero-order chi connectivity index (χ0) is 22.7. The van der Waals surface area contributed by atoms with Crippen LogP contribution in [0.2, 0.25) is 0 Å². The Morgan fingerprint density at radius 1 is 1.28 bits per heavy atom. The van der Waals surface area contributed by atoms with Crippen LogP contribution in [-0.4, -0.2) is 39.5 Å². The first kappa shape index (κ1) is 22.3. The Bertz CT molecular complexity index is 1160. The van der Waals surface area contributed by atoms with E-state index in [-0.39, 0.29) is 18.3 Å². The van der Waals surface area contributed by atoms with Gasteiger partial charge < -0.3 is 19.4 Å². The number of hydrogen-bond donors (Lipinski definition) is 1. The Kier molecular flexibility index (Phi) is 6.80. The Morgan fingerprint density at radius 2 is 2.12 bits per heavy atom. The molecule has 4 rings (SSSR count). The van der Waals surface area contributed by atoms with Crippen molar-refractivity contribution in [3.05, 3.63) is 51.7 Å². The first-order valence-corrected chi connectivity index (χ1v) is 12.0. The lowest BCUT2D eigenvalue weighted by Crippen LogP contribution is -2.16. The highest BCUT2D eigenvalue weighted by atomic mass is 32.2. The molecule has 10 heteroatoms. The molecule has 1 aliphatic rings. The minimum atomic E-state index is -0.404. The van der Waals surface area contributed by atoms with Crippen LogP contribution >= 0.6 is 23.1 Å². The van der Waals surface area contributed by atoms with Gasteiger partial charge in [0, 0.05) is 11.9 Å². The van der Waals surface area contributed by atoms with E-state index in [9.17, 15) is 9.59 Å². The van der Waals surface area contributed by atoms with Crippen LogP contribution in [0.1, 0.15) is 38.6 Å². The maximum absolute atomic E-state index is 12.6. The summed E-state index contributed by atoms with van der Waals surface area (Å²) in [5.41, 5.74) is 2.63. The summed E-state index contributed by atoms with van der Waals surface area (Å²) in [6.07, 6.45) is 2.80. The van der Waals surface area contributed by atoms with Gasteiger partial charge in [0.1, 0.15) is 17.4 Å². The van der Waals surface area contributed by atoms with E-state index < -0.39 is 5.97 Å². The second-order valence-corrected chi connectivity index (χ2v) is 9.50. The molecule has 0 atom stereocenters. The average molecular weight is 473 g/mol. The second-order valence-electron chi connectivity index (χ2n) is 7.45. The summed E-state index contributed by atoms with van der Waals surface area (Å²) in [4.78, 5) is 26.0. The van der Waals surface area contributed by atoms with E-state index in [1.54, 1.807) is 0 Å². The van der Waals surface area contributed by atoms with Gasteiger partial charge in [-0.15, -0.1) is 21.5 Å². The van der Waals surface area contributed by atoms with Crippen LogP contribution in [0.25, 0.3) is 0 Å². The first-order chi connectivity index (χ1) is 15.5. The molecule has 0 saturated carbocycles. The number of anilines is 1. The number of thioether (sulfide) groups is 1. The number of carbonyl (C=O) groups excluding carboxylic acids is 2. The molecule has 1 aromatic carbocycles. The van der Waals surface area contributed by atoms with Crippen LogP contribution in [0.5, 0.6) is 5.75 Å². The van der Waals surface area contributed by atoms with Crippen LogP contribution in [0.3, 0.4) is 0 Å². The van der Waals surface area contributed by atoms with E-state index in [1.165, 1.54) is 30.2 Å². The molecule has 0 saturated heterocycles. The van der Waals surface area contributed by atoms with Crippen molar-refractivity contribution in [2.45, 2.75) is 37.9 Å². The number of benzene rings is 1. The molecular weight excluding hydrogens is 448 g/mol. The average Bonchev–Trinajstić information content (AvgIpc) is 3.45. The predicted molar refractivity (Wildman–Crippen MR) is 124 cm³/mol. The molecule has 0 fully saturated rings. The Morgan fingerprint density at radius 3 is 2.91 bits per heavy atom. The molecule has 0 radical (unpaired) electrons. The van der Waals surface area contributed by atoms with Crippen molar-refractivity contribution in [2.75, 3.05) is 18.2 Å². The number of ether oxygens (including phenoxy) is 2. The van der Waals surface area contributed by atoms with Crippen LogP contribution in [0, 0.1) is 6.92 Å². The smallest absolute Gasteiger partial charge is 0.341 e. The lowest BCUT2D eigenvalue weighted by molar-refractivity contribution is -0.113. The summed E-state index contributed by atoms with van der Waals surface area (Å²) >= 11 is 2.74. The number of aromatic nitrogens is 3. The highest BCUT2D eigenvalue weighted by molar-refractivity contribution is 7.99. The fraction of sp³-hybridized carbons (Fsp3) is 0.364. The molecule has 2 heterocycles. The van der Waals surface area contributed by atoms with Crippen molar-refractivity contribution in [3.63, 3.8) is 0 Å². The topological polar surface area (TPSA) is 95.3 Å². The quantitative estimate of drug-likeness (QED) is 0.394. The molecule has 0 aliphatic heterocycles. The van der Waals surface area contributed by atoms with Gasteiger partial charge in [-0.1, -0.05) is 23.9 Å². The second kappa shape index (κ2) is 9.74. The Hall–Kier alpha value is -2.85. The highest BCUT2D eigenvalue weighted by Crippen LogP contribution is 2.39. The summed E-state index contributed by atoms with van der Waals surface area (Å²) in [6, 6.07) is 7.80. The molecule has 0 unspecified atom stereocenters. The monoisotopic (exact) mass is 472 g/mol. The number of aryl methyl sites for hydroxylation is 2. The third-order valence-corrected chi connectivity index (χ3v) is 7.41. The van der Waals surface area contributed by atoms with Gasteiger partial charge in [-0.25, -0.2) is 4.79 Å². The predicted octanol–water partition coefficient (Wildman–Crippen LogP) is 3.77. The summed E-state index contributed by atoms with van der Waals surface area (Å²) in [5.74, 6) is 0.968. The summed E-state index contributed by atoms with van der Waals surface area (Å²) < 4.78 is 12.5. The number of thiophene rings is 1. The van der Waals surface area contributed by atoms with Crippen molar-refractivity contribution in [1.29, 1.82) is 0 Å². The fourth-order valence-corrected chi connectivity index (χ4v) is 5.58. The van der Waals surface area contributed by atoms with Crippen LogP contribution in [0.4, 0.5) is 5.00 Å².